The van der Waals surface area contributed by atoms with E-state index >= 15 is 0 Å². The van der Waals surface area contributed by atoms with E-state index in [1.165, 1.54) is 13.0 Å². The first-order chi connectivity index (χ1) is 22.5. The van der Waals surface area contributed by atoms with Gasteiger partial charge in [-0.2, -0.15) is 0 Å². The van der Waals surface area contributed by atoms with Gasteiger partial charge in [0.05, 0.1) is 18.6 Å². The maximum absolute atomic E-state index is 13.6. The fraction of sp³-hybridized carbons (Fsp3) is 0.657. The SMILES string of the molecule is CCC[C@H](NC(=O)[C@@H](NC(=O)c1cccc(NC(C)=O)c1)[C@@H](C)CC)C(=O)N[C@@H](CC(C)C)[C@@H](O)CC(=O)N[C@H](C(=O)NCC)C(C)C. The third-order valence-corrected chi connectivity index (χ3v) is 7.97. The van der Waals surface area contributed by atoms with Crippen molar-refractivity contribution in [2.45, 2.75) is 125 Å². The summed E-state index contributed by atoms with van der Waals surface area (Å²) in [6.45, 7) is 16.6. The molecule has 48 heavy (non-hydrogen) atoms. The van der Waals surface area contributed by atoms with Crippen LogP contribution in [0.15, 0.2) is 24.3 Å². The minimum atomic E-state index is -1.25. The van der Waals surface area contributed by atoms with Crippen LogP contribution in [0.2, 0.25) is 0 Å². The third kappa shape index (κ3) is 14.4. The molecule has 0 aliphatic rings. The molecule has 0 saturated carbocycles. The summed E-state index contributed by atoms with van der Waals surface area (Å²) in [6.07, 6.45) is 0.195. The molecule has 0 aliphatic heterocycles. The van der Waals surface area contributed by atoms with Crippen LogP contribution in [-0.4, -0.2) is 77.4 Å². The van der Waals surface area contributed by atoms with Gasteiger partial charge in [-0.25, -0.2) is 0 Å². The number of rotatable bonds is 20. The summed E-state index contributed by atoms with van der Waals surface area (Å²) in [5.74, 6) is -3.09. The Morgan fingerprint density at radius 1 is 0.812 bits per heavy atom. The lowest BCUT2D eigenvalue weighted by Gasteiger charge is -2.30. The van der Waals surface area contributed by atoms with Crippen LogP contribution in [0, 0.1) is 17.8 Å². The quantitative estimate of drug-likeness (QED) is 0.110. The zero-order chi connectivity index (χ0) is 36.6. The van der Waals surface area contributed by atoms with Gasteiger partial charge in [-0.1, -0.05) is 67.4 Å². The van der Waals surface area contributed by atoms with E-state index in [1.807, 2.05) is 48.5 Å². The molecule has 13 heteroatoms. The van der Waals surface area contributed by atoms with Gasteiger partial charge in [-0.05, 0) is 55.7 Å². The van der Waals surface area contributed by atoms with Crippen LogP contribution in [-0.2, 0) is 24.0 Å². The maximum atomic E-state index is 13.6. The number of aliphatic hydroxyl groups is 1. The Morgan fingerprint density at radius 2 is 1.48 bits per heavy atom. The highest BCUT2D eigenvalue weighted by atomic mass is 16.3. The van der Waals surface area contributed by atoms with Crippen LogP contribution < -0.4 is 31.9 Å². The van der Waals surface area contributed by atoms with Crippen LogP contribution in [0.25, 0.3) is 0 Å². The van der Waals surface area contributed by atoms with E-state index in [0.29, 0.717) is 37.9 Å². The average molecular weight is 675 g/mol. The number of aliphatic hydroxyl groups excluding tert-OH is 1. The van der Waals surface area contributed by atoms with Crippen molar-refractivity contribution in [3.8, 4) is 0 Å². The van der Waals surface area contributed by atoms with E-state index in [4.69, 9.17) is 0 Å². The van der Waals surface area contributed by atoms with Gasteiger partial charge in [0.1, 0.15) is 18.1 Å². The largest absolute Gasteiger partial charge is 0.390 e. The normalized spacial score (nSPS) is 14.9. The van der Waals surface area contributed by atoms with E-state index < -0.39 is 53.9 Å². The van der Waals surface area contributed by atoms with Gasteiger partial charge >= 0.3 is 0 Å². The van der Waals surface area contributed by atoms with Crippen molar-refractivity contribution >= 4 is 41.1 Å². The molecule has 7 N–H and O–H groups in total. The lowest BCUT2D eigenvalue weighted by molar-refractivity contribution is -0.133. The van der Waals surface area contributed by atoms with Gasteiger partial charge < -0.3 is 37.0 Å². The van der Waals surface area contributed by atoms with Crippen LogP contribution in [0.4, 0.5) is 5.69 Å². The van der Waals surface area contributed by atoms with Gasteiger partial charge in [0.2, 0.25) is 29.5 Å². The molecule has 0 unspecified atom stereocenters. The standard InChI is InChI=1S/C35H58N6O7/c1-10-14-26(38-35(48)31(22(8)11-2)41-32(45)24-15-13-16-25(18-24)37-23(9)42)33(46)39-27(17-20(4)5)28(43)19-29(44)40-30(21(6)7)34(47)36-12-3/h13,15-16,18,20-22,26-28,30-31,43H,10-12,14,17,19H2,1-9H3,(H,36,47)(H,37,42)(H,38,48)(H,39,46)(H,40,44)(H,41,45)/t22-,26-,27-,28-,30-,31-/m0/s1. The molecule has 13 nitrogen and oxygen atoms in total. The molecule has 0 aliphatic carbocycles. The van der Waals surface area contributed by atoms with Crippen LogP contribution in [0.1, 0.15) is 105 Å². The Labute approximate surface area is 285 Å². The first kappa shape index (κ1) is 42.0. The third-order valence-electron chi connectivity index (χ3n) is 7.97. The van der Waals surface area contributed by atoms with E-state index in [2.05, 4.69) is 31.9 Å². The van der Waals surface area contributed by atoms with Gasteiger partial charge in [-0.3, -0.25) is 28.8 Å². The van der Waals surface area contributed by atoms with Crippen molar-refractivity contribution in [2.24, 2.45) is 17.8 Å². The Hall–Kier alpha value is -4.00. The van der Waals surface area contributed by atoms with Gasteiger partial charge in [0.25, 0.3) is 5.91 Å². The second-order valence-corrected chi connectivity index (χ2v) is 13.1. The number of anilines is 1. The monoisotopic (exact) mass is 674 g/mol. The average Bonchev–Trinajstić information content (AvgIpc) is 3.00. The summed E-state index contributed by atoms with van der Waals surface area (Å²) in [4.78, 5) is 77.2. The first-order valence-corrected chi connectivity index (χ1v) is 17.1. The van der Waals surface area contributed by atoms with E-state index in [-0.39, 0.29) is 41.6 Å². The summed E-state index contributed by atoms with van der Waals surface area (Å²) >= 11 is 0. The van der Waals surface area contributed by atoms with Gasteiger partial charge in [-0.15, -0.1) is 0 Å². The lowest BCUT2D eigenvalue weighted by Crippen LogP contribution is -2.58. The van der Waals surface area contributed by atoms with Crippen LogP contribution in [0.3, 0.4) is 0 Å². The molecule has 0 radical (unpaired) electrons. The molecule has 0 saturated heterocycles. The molecular formula is C35H58N6O7. The molecule has 0 heterocycles. The molecule has 1 rings (SSSR count). The molecule has 1 aromatic rings. The zero-order valence-electron chi connectivity index (χ0n) is 30.1. The Bertz CT molecular complexity index is 1240. The maximum Gasteiger partial charge on any atom is 0.252 e. The molecule has 1 aromatic carbocycles. The summed E-state index contributed by atoms with van der Waals surface area (Å²) < 4.78 is 0. The highest BCUT2D eigenvalue weighted by molar-refractivity contribution is 6.00. The van der Waals surface area contributed by atoms with Crippen molar-refractivity contribution < 1.29 is 33.9 Å². The fourth-order valence-corrected chi connectivity index (χ4v) is 5.17. The van der Waals surface area contributed by atoms with Crippen molar-refractivity contribution in [2.75, 3.05) is 11.9 Å². The Balaban J connectivity index is 3.10. The lowest BCUT2D eigenvalue weighted by atomic mass is 9.95. The molecule has 0 spiro atoms. The van der Waals surface area contributed by atoms with Crippen LogP contribution in [0.5, 0.6) is 0 Å². The van der Waals surface area contributed by atoms with E-state index in [1.54, 1.807) is 25.1 Å². The molecule has 0 aromatic heterocycles. The van der Waals surface area contributed by atoms with E-state index in [0.717, 1.165) is 0 Å². The molecule has 0 bridgehead atoms. The number of likely N-dealkylation sites (N-methyl/N-ethyl adjacent to an activating group) is 1. The van der Waals surface area contributed by atoms with Gasteiger partial charge in [0, 0.05) is 24.7 Å². The predicted octanol–water partition coefficient (Wildman–Crippen LogP) is 2.63. The fourth-order valence-electron chi connectivity index (χ4n) is 5.17. The second kappa shape index (κ2) is 21.1. The summed E-state index contributed by atoms with van der Waals surface area (Å²) in [7, 11) is 0. The zero-order valence-corrected chi connectivity index (χ0v) is 30.1. The van der Waals surface area contributed by atoms with Crippen molar-refractivity contribution in [1.82, 2.24) is 26.6 Å². The Morgan fingerprint density at radius 3 is 2.02 bits per heavy atom. The number of hydrogen-bond donors (Lipinski definition) is 7. The number of amides is 6. The highest BCUT2D eigenvalue weighted by Crippen LogP contribution is 2.16. The second-order valence-electron chi connectivity index (χ2n) is 13.1. The van der Waals surface area contributed by atoms with Crippen molar-refractivity contribution in [1.29, 1.82) is 0 Å². The smallest absolute Gasteiger partial charge is 0.252 e. The number of hydrogen-bond acceptors (Lipinski definition) is 7. The molecule has 0 fully saturated rings. The minimum Gasteiger partial charge on any atom is -0.390 e. The predicted molar refractivity (Wildman–Crippen MR) is 186 cm³/mol. The summed E-state index contributed by atoms with van der Waals surface area (Å²) in [6, 6.07) is 2.86. The van der Waals surface area contributed by atoms with Crippen molar-refractivity contribution in [3.05, 3.63) is 29.8 Å². The summed E-state index contributed by atoms with van der Waals surface area (Å²) in [5.41, 5.74) is 0.696. The van der Waals surface area contributed by atoms with Crippen molar-refractivity contribution in [3.63, 3.8) is 0 Å². The number of nitrogens with one attached hydrogen (secondary N) is 6. The number of carbonyl (C=O) groups excluding carboxylic acids is 6. The van der Waals surface area contributed by atoms with Crippen LogP contribution >= 0.6 is 0 Å². The summed E-state index contributed by atoms with van der Waals surface area (Å²) in [5, 5.41) is 27.6. The topological polar surface area (TPSA) is 195 Å². The Kier molecular flexibility index (Phi) is 18.4. The number of benzene rings is 1. The molecular weight excluding hydrogens is 616 g/mol. The highest BCUT2D eigenvalue weighted by Gasteiger charge is 2.33. The first-order valence-electron chi connectivity index (χ1n) is 17.1. The molecule has 270 valence electrons. The molecule has 6 amide bonds. The molecule has 6 atom stereocenters. The number of carbonyl (C=O) groups is 6. The van der Waals surface area contributed by atoms with Gasteiger partial charge in [0.15, 0.2) is 0 Å². The van der Waals surface area contributed by atoms with E-state index in [9.17, 15) is 33.9 Å². The minimum absolute atomic E-state index is 0.0557.